The Labute approximate surface area is 99.3 Å². The molecule has 0 saturated carbocycles. The third-order valence-electron chi connectivity index (χ3n) is 2.62. The smallest absolute Gasteiger partial charge is 0.171 e. The van der Waals surface area contributed by atoms with Gasteiger partial charge in [0.1, 0.15) is 6.10 Å². The van der Waals surface area contributed by atoms with Crippen molar-refractivity contribution in [1.29, 1.82) is 0 Å². The first kappa shape index (κ1) is 11.6. The maximum atomic E-state index is 13.9. The van der Waals surface area contributed by atoms with Crippen LogP contribution in [0.15, 0.2) is 48.5 Å². The van der Waals surface area contributed by atoms with Crippen LogP contribution in [-0.2, 0) is 0 Å². The number of halogens is 1. The average Bonchev–Trinajstić information content (AvgIpc) is 2.39. The highest BCUT2D eigenvalue weighted by atomic mass is 19.1. The van der Waals surface area contributed by atoms with Crippen LogP contribution in [0.4, 0.5) is 4.39 Å². The molecule has 0 heterocycles. The molecule has 0 aliphatic heterocycles. The molecule has 2 aromatic rings. The number of hydrogen-bond acceptors (Lipinski definition) is 2. The normalized spacial score (nSPS) is 12.2. The Morgan fingerprint density at radius 1 is 1.06 bits per heavy atom. The van der Waals surface area contributed by atoms with Crippen molar-refractivity contribution in [1.82, 2.24) is 0 Å². The minimum atomic E-state index is -0.980. The molecule has 0 radical (unpaired) electrons. The zero-order valence-corrected chi connectivity index (χ0v) is 9.43. The SMILES string of the molecule is COc1cccc(C(O)c2ccccc2)c1F. The Morgan fingerprint density at radius 3 is 2.41 bits per heavy atom. The van der Waals surface area contributed by atoms with Crippen molar-refractivity contribution < 1.29 is 14.2 Å². The number of aliphatic hydroxyl groups excluding tert-OH is 1. The molecule has 0 saturated heterocycles. The molecule has 0 aliphatic carbocycles. The molecule has 1 N–H and O–H groups in total. The second-order valence-electron chi connectivity index (χ2n) is 3.68. The molecule has 0 amide bonds. The van der Waals surface area contributed by atoms with Gasteiger partial charge in [-0.25, -0.2) is 4.39 Å². The molecule has 2 nitrogen and oxygen atoms in total. The summed E-state index contributed by atoms with van der Waals surface area (Å²) in [7, 11) is 1.40. The highest BCUT2D eigenvalue weighted by molar-refractivity contribution is 5.37. The molecule has 17 heavy (non-hydrogen) atoms. The van der Waals surface area contributed by atoms with Gasteiger partial charge in [-0.2, -0.15) is 0 Å². The van der Waals surface area contributed by atoms with E-state index in [4.69, 9.17) is 4.74 Å². The first-order valence-corrected chi connectivity index (χ1v) is 5.29. The topological polar surface area (TPSA) is 29.5 Å². The maximum Gasteiger partial charge on any atom is 0.171 e. The van der Waals surface area contributed by atoms with Crippen LogP contribution in [0.5, 0.6) is 5.75 Å². The predicted octanol–water partition coefficient (Wildman–Crippen LogP) is 2.92. The van der Waals surface area contributed by atoms with Crippen molar-refractivity contribution in [2.75, 3.05) is 7.11 Å². The van der Waals surface area contributed by atoms with Gasteiger partial charge in [-0.1, -0.05) is 42.5 Å². The minimum Gasteiger partial charge on any atom is -0.494 e. The van der Waals surface area contributed by atoms with Gasteiger partial charge in [0.15, 0.2) is 11.6 Å². The molecule has 2 aromatic carbocycles. The van der Waals surface area contributed by atoms with Crippen molar-refractivity contribution in [3.8, 4) is 5.75 Å². The third-order valence-corrected chi connectivity index (χ3v) is 2.62. The molecule has 0 fully saturated rings. The zero-order valence-electron chi connectivity index (χ0n) is 9.43. The summed E-state index contributed by atoms with van der Waals surface area (Å²) >= 11 is 0. The first-order chi connectivity index (χ1) is 8.24. The lowest BCUT2D eigenvalue weighted by atomic mass is 10.0. The van der Waals surface area contributed by atoms with Crippen LogP contribution in [-0.4, -0.2) is 12.2 Å². The highest BCUT2D eigenvalue weighted by Gasteiger charge is 2.17. The van der Waals surface area contributed by atoms with Crippen LogP contribution in [0.2, 0.25) is 0 Å². The van der Waals surface area contributed by atoms with Crippen LogP contribution >= 0.6 is 0 Å². The Hall–Kier alpha value is -1.87. The number of methoxy groups -OCH3 is 1. The molecule has 2 rings (SSSR count). The Kier molecular flexibility index (Phi) is 3.40. The molecule has 1 unspecified atom stereocenters. The minimum absolute atomic E-state index is 0.137. The van der Waals surface area contributed by atoms with Gasteiger partial charge in [-0.15, -0.1) is 0 Å². The van der Waals surface area contributed by atoms with Gasteiger partial charge in [-0.3, -0.25) is 0 Å². The zero-order chi connectivity index (χ0) is 12.3. The number of rotatable bonds is 3. The Balaban J connectivity index is 2.41. The second kappa shape index (κ2) is 4.97. The van der Waals surface area contributed by atoms with Crippen molar-refractivity contribution in [2.45, 2.75) is 6.10 Å². The standard InChI is InChI=1S/C14H13FO2/c1-17-12-9-5-8-11(13(12)15)14(16)10-6-3-2-4-7-10/h2-9,14,16H,1H3. The summed E-state index contributed by atoms with van der Waals surface area (Å²) in [6, 6.07) is 13.7. The molecular formula is C14H13FO2. The van der Waals surface area contributed by atoms with Crippen LogP contribution in [0, 0.1) is 5.82 Å². The molecule has 0 aliphatic rings. The average molecular weight is 232 g/mol. The summed E-state index contributed by atoms with van der Waals surface area (Å²) in [5.41, 5.74) is 0.871. The van der Waals surface area contributed by atoms with Crippen LogP contribution in [0.25, 0.3) is 0 Å². The van der Waals surface area contributed by atoms with E-state index in [-0.39, 0.29) is 11.3 Å². The van der Waals surface area contributed by atoms with E-state index in [1.54, 1.807) is 36.4 Å². The summed E-state index contributed by atoms with van der Waals surface area (Å²) < 4.78 is 18.8. The monoisotopic (exact) mass is 232 g/mol. The maximum absolute atomic E-state index is 13.9. The van der Waals surface area contributed by atoms with Crippen LogP contribution < -0.4 is 4.74 Å². The van der Waals surface area contributed by atoms with Gasteiger partial charge < -0.3 is 9.84 Å². The Bertz CT molecular complexity index is 497. The van der Waals surface area contributed by atoms with Crippen LogP contribution in [0.3, 0.4) is 0 Å². The first-order valence-electron chi connectivity index (χ1n) is 5.29. The van der Waals surface area contributed by atoms with Crippen LogP contribution in [0.1, 0.15) is 17.2 Å². The molecule has 0 aromatic heterocycles. The van der Waals surface area contributed by atoms with Gasteiger partial charge >= 0.3 is 0 Å². The van der Waals surface area contributed by atoms with Crippen molar-refractivity contribution in [2.24, 2.45) is 0 Å². The van der Waals surface area contributed by atoms with Gasteiger partial charge in [-0.05, 0) is 11.6 Å². The van der Waals surface area contributed by atoms with Crippen molar-refractivity contribution >= 4 is 0 Å². The van der Waals surface area contributed by atoms with E-state index in [0.29, 0.717) is 5.56 Å². The summed E-state index contributed by atoms with van der Waals surface area (Å²) in [5, 5.41) is 10.1. The van der Waals surface area contributed by atoms with E-state index >= 15 is 0 Å². The van der Waals surface area contributed by atoms with Crippen molar-refractivity contribution in [3.63, 3.8) is 0 Å². The van der Waals surface area contributed by atoms with E-state index in [0.717, 1.165) is 0 Å². The molecule has 0 spiro atoms. The fourth-order valence-corrected chi connectivity index (χ4v) is 1.71. The predicted molar refractivity (Wildman–Crippen MR) is 63.5 cm³/mol. The van der Waals surface area contributed by atoms with Gasteiger partial charge in [0.05, 0.1) is 7.11 Å². The van der Waals surface area contributed by atoms with E-state index in [2.05, 4.69) is 0 Å². The summed E-state index contributed by atoms with van der Waals surface area (Å²) in [4.78, 5) is 0. The number of hydrogen-bond donors (Lipinski definition) is 1. The summed E-state index contributed by atoms with van der Waals surface area (Å²) in [6.07, 6.45) is -0.980. The number of aliphatic hydroxyl groups is 1. The van der Waals surface area contributed by atoms with Gasteiger partial charge in [0.25, 0.3) is 0 Å². The number of benzene rings is 2. The fraction of sp³-hybridized carbons (Fsp3) is 0.143. The van der Waals surface area contributed by atoms with Gasteiger partial charge in [0, 0.05) is 5.56 Å². The largest absolute Gasteiger partial charge is 0.494 e. The molecule has 0 bridgehead atoms. The lowest BCUT2D eigenvalue weighted by Crippen LogP contribution is -2.03. The summed E-state index contributed by atoms with van der Waals surface area (Å²) in [5.74, 6) is -0.385. The molecule has 1 atom stereocenters. The summed E-state index contributed by atoms with van der Waals surface area (Å²) in [6.45, 7) is 0. The Morgan fingerprint density at radius 2 is 1.76 bits per heavy atom. The highest BCUT2D eigenvalue weighted by Crippen LogP contribution is 2.28. The number of ether oxygens (including phenoxy) is 1. The lowest BCUT2D eigenvalue weighted by molar-refractivity contribution is 0.213. The van der Waals surface area contributed by atoms with E-state index in [1.807, 2.05) is 6.07 Å². The van der Waals surface area contributed by atoms with E-state index < -0.39 is 11.9 Å². The fourth-order valence-electron chi connectivity index (χ4n) is 1.71. The lowest BCUT2D eigenvalue weighted by Gasteiger charge is -2.13. The second-order valence-corrected chi connectivity index (χ2v) is 3.68. The van der Waals surface area contributed by atoms with E-state index in [1.165, 1.54) is 13.2 Å². The van der Waals surface area contributed by atoms with E-state index in [9.17, 15) is 9.50 Å². The molecule has 3 heteroatoms. The van der Waals surface area contributed by atoms with Crippen molar-refractivity contribution in [3.05, 3.63) is 65.5 Å². The molecular weight excluding hydrogens is 219 g/mol. The third kappa shape index (κ3) is 2.29. The quantitative estimate of drug-likeness (QED) is 0.881. The molecule has 88 valence electrons. The van der Waals surface area contributed by atoms with Gasteiger partial charge in [0.2, 0.25) is 0 Å².